The number of nitrogens with two attached hydrogens (primary N) is 1. The summed E-state index contributed by atoms with van der Waals surface area (Å²) < 4.78 is 5.65. The maximum Gasteiger partial charge on any atom is 0.0580 e. The summed E-state index contributed by atoms with van der Waals surface area (Å²) in [4.78, 5) is 0. The fourth-order valence-corrected chi connectivity index (χ4v) is 3.64. The third-order valence-corrected chi connectivity index (χ3v) is 5.25. The zero-order valence-electron chi connectivity index (χ0n) is 13.1. The molecule has 0 heterocycles. The molecule has 0 spiro atoms. The van der Waals surface area contributed by atoms with E-state index in [1.165, 1.54) is 43.2 Å². The van der Waals surface area contributed by atoms with Gasteiger partial charge in [0, 0.05) is 12.6 Å². The predicted octanol–water partition coefficient (Wildman–Crippen LogP) is 3.66. The second kappa shape index (κ2) is 6.91. The number of hydrogen-bond donors (Lipinski definition) is 2. The van der Waals surface area contributed by atoms with E-state index in [0.29, 0.717) is 6.10 Å². The topological polar surface area (TPSA) is 47.3 Å². The Labute approximate surface area is 128 Å². The summed E-state index contributed by atoms with van der Waals surface area (Å²) in [6.45, 7) is 2.91. The first-order chi connectivity index (χ1) is 10.3. The van der Waals surface area contributed by atoms with Gasteiger partial charge >= 0.3 is 0 Å². The molecule has 1 unspecified atom stereocenters. The van der Waals surface area contributed by atoms with Crippen LogP contribution in [0.3, 0.4) is 0 Å². The van der Waals surface area contributed by atoms with Crippen LogP contribution in [0.1, 0.15) is 68.5 Å². The van der Waals surface area contributed by atoms with Crippen molar-refractivity contribution in [3.8, 4) is 0 Å². The summed E-state index contributed by atoms with van der Waals surface area (Å²) in [5.41, 5.74) is 5.87. The first-order valence-corrected chi connectivity index (χ1v) is 8.47. The molecular formula is C18H28N2O. The largest absolute Gasteiger partial charge is 0.378 e. The average molecular weight is 288 g/mol. The van der Waals surface area contributed by atoms with Gasteiger partial charge in [-0.1, -0.05) is 30.7 Å². The third kappa shape index (κ3) is 3.47. The van der Waals surface area contributed by atoms with Gasteiger partial charge in [-0.15, -0.1) is 0 Å². The van der Waals surface area contributed by atoms with Gasteiger partial charge in [-0.2, -0.15) is 0 Å². The standard InChI is InChI=1S/C18H28N2O/c1-2-21-17-9-13(10-17)11-18(20-19)16-8-4-7-15(12-16)14-5-3-6-14/h4,7-8,12-14,17-18,20H,2-3,5-6,9-11,19H2,1H3. The highest BCUT2D eigenvalue weighted by Gasteiger charge is 2.31. The van der Waals surface area contributed by atoms with Gasteiger partial charge in [-0.3, -0.25) is 11.3 Å². The van der Waals surface area contributed by atoms with Crippen LogP contribution in [0.2, 0.25) is 0 Å². The van der Waals surface area contributed by atoms with E-state index < -0.39 is 0 Å². The molecule has 2 saturated carbocycles. The van der Waals surface area contributed by atoms with Crippen LogP contribution in [0.4, 0.5) is 0 Å². The second-order valence-corrected chi connectivity index (χ2v) is 6.67. The molecule has 0 aliphatic heterocycles. The minimum Gasteiger partial charge on any atom is -0.378 e. The Morgan fingerprint density at radius 1 is 1.33 bits per heavy atom. The molecule has 0 radical (unpaired) electrons. The molecule has 0 saturated heterocycles. The summed E-state index contributed by atoms with van der Waals surface area (Å²) in [5, 5.41) is 0. The Kier molecular flexibility index (Phi) is 4.94. The summed E-state index contributed by atoms with van der Waals surface area (Å²) in [6, 6.07) is 9.32. The number of rotatable bonds is 7. The van der Waals surface area contributed by atoms with E-state index >= 15 is 0 Å². The molecule has 21 heavy (non-hydrogen) atoms. The molecule has 3 N–H and O–H groups in total. The molecule has 1 aromatic carbocycles. The van der Waals surface area contributed by atoms with E-state index in [2.05, 4.69) is 36.6 Å². The molecular weight excluding hydrogens is 260 g/mol. The fourth-order valence-electron chi connectivity index (χ4n) is 3.64. The van der Waals surface area contributed by atoms with E-state index in [1.54, 1.807) is 0 Å². The molecule has 1 aromatic rings. The Morgan fingerprint density at radius 3 is 2.76 bits per heavy atom. The number of benzene rings is 1. The van der Waals surface area contributed by atoms with Crippen molar-refractivity contribution < 1.29 is 4.74 Å². The summed E-state index contributed by atoms with van der Waals surface area (Å²) in [7, 11) is 0. The maximum absolute atomic E-state index is 5.82. The number of ether oxygens (including phenoxy) is 1. The number of hydrogen-bond acceptors (Lipinski definition) is 3. The molecule has 2 aliphatic rings. The summed E-state index contributed by atoms with van der Waals surface area (Å²) >= 11 is 0. The highest BCUT2D eigenvalue weighted by Crippen LogP contribution is 2.39. The zero-order chi connectivity index (χ0) is 14.7. The lowest BCUT2D eigenvalue weighted by Crippen LogP contribution is -2.36. The lowest BCUT2D eigenvalue weighted by Gasteiger charge is -2.37. The minimum atomic E-state index is 0.276. The van der Waals surface area contributed by atoms with Crippen LogP contribution in [0.15, 0.2) is 24.3 Å². The molecule has 2 aliphatic carbocycles. The Hall–Kier alpha value is -0.900. The van der Waals surface area contributed by atoms with Crippen LogP contribution in [0.25, 0.3) is 0 Å². The van der Waals surface area contributed by atoms with E-state index in [4.69, 9.17) is 10.6 Å². The van der Waals surface area contributed by atoms with Crippen LogP contribution in [-0.4, -0.2) is 12.7 Å². The number of hydrazine groups is 1. The second-order valence-electron chi connectivity index (χ2n) is 6.67. The molecule has 2 fully saturated rings. The lowest BCUT2D eigenvalue weighted by molar-refractivity contribution is -0.0291. The van der Waals surface area contributed by atoms with Gasteiger partial charge in [0.2, 0.25) is 0 Å². The van der Waals surface area contributed by atoms with E-state index in [9.17, 15) is 0 Å². The van der Waals surface area contributed by atoms with Crippen molar-refractivity contribution >= 4 is 0 Å². The van der Waals surface area contributed by atoms with Crippen LogP contribution >= 0.6 is 0 Å². The van der Waals surface area contributed by atoms with Gasteiger partial charge in [0.25, 0.3) is 0 Å². The quantitative estimate of drug-likeness (QED) is 0.594. The van der Waals surface area contributed by atoms with E-state index in [1.807, 2.05) is 0 Å². The highest BCUT2D eigenvalue weighted by atomic mass is 16.5. The van der Waals surface area contributed by atoms with Crippen LogP contribution < -0.4 is 11.3 Å². The lowest BCUT2D eigenvalue weighted by atomic mass is 9.76. The van der Waals surface area contributed by atoms with E-state index in [-0.39, 0.29) is 6.04 Å². The first-order valence-electron chi connectivity index (χ1n) is 8.47. The maximum atomic E-state index is 5.82. The predicted molar refractivity (Wildman–Crippen MR) is 85.9 cm³/mol. The molecule has 116 valence electrons. The van der Waals surface area contributed by atoms with Crippen molar-refractivity contribution in [1.82, 2.24) is 5.43 Å². The van der Waals surface area contributed by atoms with Crippen molar-refractivity contribution in [3.63, 3.8) is 0 Å². The average Bonchev–Trinajstić information content (AvgIpc) is 2.40. The molecule has 1 atom stereocenters. The molecule has 0 bridgehead atoms. The Bertz CT molecular complexity index is 452. The monoisotopic (exact) mass is 288 g/mol. The number of nitrogens with one attached hydrogen (secondary N) is 1. The summed E-state index contributed by atoms with van der Waals surface area (Å²) in [5.74, 6) is 7.35. The van der Waals surface area contributed by atoms with Crippen molar-refractivity contribution in [3.05, 3.63) is 35.4 Å². The molecule has 0 amide bonds. The van der Waals surface area contributed by atoms with E-state index in [0.717, 1.165) is 24.9 Å². The van der Waals surface area contributed by atoms with Gasteiger partial charge in [0.1, 0.15) is 0 Å². The highest BCUT2D eigenvalue weighted by molar-refractivity contribution is 5.29. The smallest absolute Gasteiger partial charge is 0.0580 e. The molecule has 3 rings (SSSR count). The van der Waals surface area contributed by atoms with Gasteiger partial charge in [-0.25, -0.2) is 0 Å². The Morgan fingerprint density at radius 2 is 2.14 bits per heavy atom. The zero-order valence-corrected chi connectivity index (χ0v) is 13.1. The van der Waals surface area contributed by atoms with Crippen LogP contribution in [0, 0.1) is 5.92 Å². The van der Waals surface area contributed by atoms with Gasteiger partial charge in [0.15, 0.2) is 0 Å². The fraction of sp³-hybridized carbons (Fsp3) is 0.667. The van der Waals surface area contributed by atoms with Crippen LogP contribution in [-0.2, 0) is 4.74 Å². The SMILES string of the molecule is CCOC1CC(CC(NN)c2cccc(C3CCC3)c2)C1. The van der Waals surface area contributed by atoms with Crippen molar-refractivity contribution in [2.45, 2.75) is 63.5 Å². The van der Waals surface area contributed by atoms with Crippen molar-refractivity contribution in [1.29, 1.82) is 0 Å². The molecule has 3 heteroatoms. The van der Waals surface area contributed by atoms with Gasteiger partial charge < -0.3 is 4.74 Å². The molecule has 0 aromatic heterocycles. The molecule has 3 nitrogen and oxygen atoms in total. The Balaban J connectivity index is 1.58. The van der Waals surface area contributed by atoms with Crippen molar-refractivity contribution in [2.75, 3.05) is 6.61 Å². The van der Waals surface area contributed by atoms with Gasteiger partial charge in [-0.05, 0) is 62.0 Å². The normalized spacial score (nSPS) is 27.0. The first kappa shape index (κ1) is 15.0. The minimum absolute atomic E-state index is 0.276. The third-order valence-electron chi connectivity index (χ3n) is 5.25. The van der Waals surface area contributed by atoms with Gasteiger partial charge in [0.05, 0.1) is 6.10 Å². The summed E-state index contributed by atoms with van der Waals surface area (Å²) in [6.07, 6.45) is 8.07. The van der Waals surface area contributed by atoms with Crippen LogP contribution in [0.5, 0.6) is 0 Å². The van der Waals surface area contributed by atoms with Crippen molar-refractivity contribution in [2.24, 2.45) is 11.8 Å².